The van der Waals surface area contributed by atoms with Gasteiger partial charge in [-0.3, -0.25) is 9.10 Å². The Morgan fingerprint density at radius 2 is 1.80 bits per heavy atom. The van der Waals surface area contributed by atoms with Gasteiger partial charge in [0.2, 0.25) is 0 Å². The summed E-state index contributed by atoms with van der Waals surface area (Å²) in [7, 11) is -3.91. The number of carboxylic acids is 1. The van der Waals surface area contributed by atoms with Gasteiger partial charge in [0.1, 0.15) is 12.4 Å². The average Bonchev–Trinajstić information content (AvgIpc) is 2.54. The Hall–Kier alpha value is -2.54. The number of rotatable bonds is 4. The topological polar surface area (TPSA) is 83.9 Å². The van der Waals surface area contributed by atoms with Gasteiger partial charge in [-0.1, -0.05) is 23.8 Å². The summed E-state index contributed by atoms with van der Waals surface area (Å²) in [5.41, 5.74) is 2.18. The van der Waals surface area contributed by atoms with Crippen LogP contribution in [0.3, 0.4) is 0 Å². The summed E-state index contributed by atoms with van der Waals surface area (Å²) < 4.78 is 33.3. The molecule has 0 aliphatic carbocycles. The monoisotopic (exact) mass is 361 g/mol. The SMILES string of the molecule is Cc1ccc(S(=O)(=O)N2c3cc(C)ccc3OCC2CC(=O)O)cc1. The van der Waals surface area contributed by atoms with E-state index in [0.29, 0.717) is 11.4 Å². The summed E-state index contributed by atoms with van der Waals surface area (Å²) in [6, 6.07) is 10.9. The van der Waals surface area contributed by atoms with E-state index in [-0.39, 0.29) is 17.9 Å². The number of fused-ring (bicyclic) bond motifs is 1. The Balaban J connectivity index is 2.15. The Morgan fingerprint density at radius 3 is 2.44 bits per heavy atom. The van der Waals surface area contributed by atoms with Crippen LogP contribution in [-0.4, -0.2) is 32.1 Å². The Bertz CT molecular complexity index is 906. The molecule has 0 fully saturated rings. The van der Waals surface area contributed by atoms with Crippen molar-refractivity contribution < 1.29 is 23.1 Å². The molecule has 0 radical (unpaired) electrons. The average molecular weight is 361 g/mol. The van der Waals surface area contributed by atoms with Gasteiger partial charge in [-0.25, -0.2) is 8.42 Å². The van der Waals surface area contributed by atoms with Crippen molar-refractivity contribution in [2.24, 2.45) is 0 Å². The molecule has 0 aromatic heterocycles. The molecule has 1 unspecified atom stereocenters. The maximum Gasteiger partial charge on any atom is 0.305 e. The fourth-order valence-corrected chi connectivity index (χ4v) is 4.50. The van der Waals surface area contributed by atoms with E-state index < -0.39 is 22.0 Å². The van der Waals surface area contributed by atoms with Gasteiger partial charge in [0.25, 0.3) is 10.0 Å². The predicted molar refractivity (Wildman–Crippen MR) is 93.6 cm³/mol. The summed E-state index contributed by atoms with van der Waals surface area (Å²) in [4.78, 5) is 11.4. The number of carboxylic acid groups (broad SMARTS) is 1. The molecule has 7 heteroatoms. The second-order valence-corrected chi connectivity index (χ2v) is 7.96. The van der Waals surface area contributed by atoms with Crippen LogP contribution in [0, 0.1) is 13.8 Å². The van der Waals surface area contributed by atoms with E-state index >= 15 is 0 Å². The van der Waals surface area contributed by atoms with Gasteiger partial charge in [-0.15, -0.1) is 0 Å². The number of ether oxygens (including phenoxy) is 1. The first kappa shape index (κ1) is 17.3. The highest BCUT2D eigenvalue weighted by Gasteiger charge is 2.38. The largest absolute Gasteiger partial charge is 0.489 e. The highest BCUT2D eigenvalue weighted by atomic mass is 32.2. The highest BCUT2D eigenvalue weighted by molar-refractivity contribution is 7.92. The van der Waals surface area contributed by atoms with Crippen molar-refractivity contribution in [1.29, 1.82) is 0 Å². The molecule has 6 nitrogen and oxygen atoms in total. The second kappa shape index (κ2) is 6.40. The zero-order valence-electron chi connectivity index (χ0n) is 14.0. The fraction of sp³-hybridized carbons (Fsp3) is 0.278. The smallest absolute Gasteiger partial charge is 0.305 e. The van der Waals surface area contributed by atoms with Gasteiger partial charge in [0.05, 0.1) is 23.0 Å². The number of aryl methyl sites for hydroxylation is 2. The van der Waals surface area contributed by atoms with E-state index in [1.165, 1.54) is 16.4 Å². The Morgan fingerprint density at radius 1 is 1.16 bits per heavy atom. The van der Waals surface area contributed by atoms with Gasteiger partial charge >= 0.3 is 5.97 Å². The molecule has 2 aromatic rings. The summed E-state index contributed by atoms with van der Waals surface area (Å²) in [5, 5.41) is 9.18. The summed E-state index contributed by atoms with van der Waals surface area (Å²) in [6.45, 7) is 3.71. The van der Waals surface area contributed by atoms with Crippen LogP contribution in [0.4, 0.5) is 5.69 Å². The number of nitrogens with zero attached hydrogens (tertiary/aromatic N) is 1. The number of hydrogen-bond acceptors (Lipinski definition) is 4. The fourth-order valence-electron chi connectivity index (χ4n) is 2.86. The van der Waals surface area contributed by atoms with Crippen LogP contribution < -0.4 is 9.04 Å². The van der Waals surface area contributed by atoms with Gasteiger partial charge in [-0.2, -0.15) is 0 Å². The first-order valence-electron chi connectivity index (χ1n) is 7.85. The first-order valence-corrected chi connectivity index (χ1v) is 9.29. The van der Waals surface area contributed by atoms with Crippen molar-refractivity contribution in [2.45, 2.75) is 31.2 Å². The van der Waals surface area contributed by atoms with Crippen LogP contribution in [0.25, 0.3) is 0 Å². The molecule has 0 saturated carbocycles. The molecule has 0 saturated heterocycles. The Kier molecular flexibility index (Phi) is 4.43. The second-order valence-electron chi connectivity index (χ2n) is 6.15. The van der Waals surface area contributed by atoms with Crippen molar-refractivity contribution in [1.82, 2.24) is 0 Å². The molecule has 25 heavy (non-hydrogen) atoms. The minimum atomic E-state index is -3.91. The highest BCUT2D eigenvalue weighted by Crippen LogP contribution is 2.39. The first-order chi connectivity index (χ1) is 11.8. The van der Waals surface area contributed by atoms with Gasteiger partial charge in [-0.05, 0) is 43.7 Å². The maximum atomic E-state index is 13.2. The van der Waals surface area contributed by atoms with E-state index in [1.807, 2.05) is 19.9 Å². The van der Waals surface area contributed by atoms with Crippen LogP contribution in [0.5, 0.6) is 5.75 Å². The summed E-state index contributed by atoms with van der Waals surface area (Å²) in [6.07, 6.45) is -0.335. The third-order valence-corrected chi connectivity index (χ3v) is 5.98. The lowest BCUT2D eigenvalue weighted by Gasteiger charge is -2.37. The zero-order valence-corrected chi connectivity index (χ0v) is 14.8. The number of anilines is 1. The lowest BCUT2D eigenvalue weighted by atomic mass is 10.1. The van der Waals surface area contributed by atoms with Crippen LogP contribution in [0.2, 0.25) is 0 Å². The molecule has 132 valence electrons. The van der Waals surface area contributed by atoms with E-state index in [1.54, 1.807) is 24.3 Å². The molecule has 1 heterocycles. The van der Waals surface area contributed by atoms with E-state index in [0.717, 1.165) is 11.1 Å². The van der Waals surface area contributed by atoms with Crippen molar-refractivity contribution in [2.75, 3.05) is 10.9 Å². The molecule has 1 N–H and O–H groups in total. The van der Waals surface area contributed by atoms with Crippen molar-refractivity contribution >= 4 is 21.7 Å². The Labute approximate surface area is 146 Å². The zero-order chi connectivity index (χ0) is 18.2. The van der Waals surface area contributed by atoms with Gasteiger partial charge in [0.15, 0.2) is 0 Å². The molecular weight excluding hydrogens is 342 g/mol. The van der Waals surface area contributed by atoms with E-state index in [2.05, 4.69) is 0 Å². The molecule has 1 aliphatic heterocycles. The number of carbonyl (C=O) groups is 1. The van der Waals surface area contributed by atoms with E-state index in [4.69, 9.17) is 4.74 Å². The molecule has 0 amide bonds. The van der Waals surface area contributed by atoms with E-state index in [9.17, 15) is 18.3 Å². The predicted octanol–water partition coefficient (Wildman–Crippen LogP) is 2.73. The molecule has 0 bridgehead atoms. The molecule has 1 aliphatic rings. The summed E-state index contributed by atoms with van der Waals surface area (Å²) >= 11 is 0. The minimum Gasteiger partial charge on any atom is -0.489 e. The van der Waals surface area contributed by atoms with Crippen LogP contribution in [0.15, 0.2) is 47.4 Å². The van der Waals surface area contributed by atoms with Crippen LogP contribution in [-0.2, 0) is 14.8 Å². The molecular formula is C18H19NO5S. The number of benzene rings is 2. The standard InChI is InChI=1S/C18H19NO5S/c1-12-3-6-15(7-4-12)25(22,23)19-14(10-18(20)21)11-24-17-8-5-13(2)9-16(17)19/h3-9,14H,10-11H2,1-2H3,(H,20,21). The molecule has 1 atom stereocenters. The quantitative estimate of drug-likeness (QED) is 0.905. The normalized spacial score (nSPS) is 16.9. The van der Waals surface area contributed by atoms with Crippen LogP contribution >= 0.6 is 0 Å². The number of sulfonamides is 1. The third kappa shape index (κ3) is 3.32. The summed E-state index contributed by atoms with van der Waals surface area (Å²) in [5.74, 6) is -0.642. The number of hydrogen-bond donors (Lipinski definition) is 1. The molecule has 3 rings (SSSR count). The molecule has 0 spiro atoms. The van der Waals surface area contributed by atoms with Crippen molar-refractivity contribution in [3.8, 4) is 5.75 Å². The molecule has 2 aromatic carbocycles. The lowest BCUT2D eigenvalue weighted by molar-refractivity contribution is -0.137. The van der Waals surface area contributed by atoms with Crippen molar-refractivity contribution in [3.05, 3.63) is 53.6 Å². The van der Waals surface area contributed by atoms with Crippen molar-refractivity contribution in [3.63, 3.8) is 0 Å². The number of aliphatic carboxylic acids is 1. The lowest BCUT2D eigenvalue weighted by Crippen LogP contribution is -2.47. The minimum absolute atomic E-state index is 0.00650. The van der Waals surface area contributed by atoms with Gasteiger partial charge in [0, 0.05) is 0 Å². The van der Waals surface area contributed by atoms with Gasteiger partial charge < -0.3 is 9.84 Å². The third-order valence-electron chi connectivity index (χ3n) is 4.10. The van der Waals surface area contributed by atoms with Crippen LogP contribution in [0.1, 0.15) is 17.5 Å². The maximum absolute atomic E-state index is 13.2.